The van der Waals surface area contributed by atoms with Gasteiger partial charge in [-0.1, -0.05) is 0 Å². The third-order valence-electron chi connectivity index (χ3n) is 4.80. The number of carbonyl (C=O) groups excluding carboxylic acids is 3. The summed E-state index contributed by atoms with van der Waals surface area (Å²) in [6.07, 6.45) is 3.49. The van der Waals surface area contributed by atoms with Crippen LogP contribution in [0.3, 0.4) is 0 Å². The van der Waals surface area contributed by atoms with Gasteiger partial charge < -0.3 is 20.4 Å². The number of hydrogen-bond donors (Lipinski definition) is 2. The predicted octanol–water partition coefficient (Wildman–Crippen LogP) is 0.464. The van der Waals surface area contributed by atoms with Gasteiger partial charge in [0.15, 0.2) is 0 Å². The van der Waals surface area contributed by atoms with Crippen molar-refractivity contribution in [1.82, 2.24) is 25.4 Å². The van der Waals surface area contributed by atoms with Gasteiger partial charge in [-0.3, -0.25) is 14.6 Å². The van der Waals surface area contributed by atoms with Crippen molar-refractivity contribution < 1.29 is 14.4 Å². The molecule has 2 saturated heterocycles. The Hall–Kier alpha value is -2.64. The zero-order valence-corrected chi connectivity index (χ0v) is 15.2. The lowest BCUT2D eigenvalue weighted by atomic mass is 9.86. The van der Waals surface area contributed by atoms with Crippen molar-refractivity contribution in [1.29, 1.82) is 0 Å². The fourth-order valence-electron chi connectivity index (χ4n) is 3.60. The van der Waals surface area contributed by atoms with Gasteiger partial charge in [-0.05, 0) is 26.0 Å². The first kappa shape index (κ1) is 18.2. The van der Waals surface area contributed by atoms with E-state index >= 15 is 0 Å². The fourth-order valence-corrected chi connectivity index (χ4v) is 3.60. The average Bonchev–Trinajstić information content (AvgIpc) is 2.86. The Bertz CT molecular complexity index is 693. The fraction of sp³-hybridized carbons (Fsp3) is 0.556. The minimum atomic E-state index is -0.454. The maximum atomic E-state index is 12.9. The van der Waals surface area contributed by atoms with Crippen molar-refractivity contribution in [2.24, 2.45) is 5.41 Å². The van der Waals surface area contributed by atoms with E-state index in [1.54, 1.807) is 34.3 Å². The van der Waals surface area contributed by atoms with E-state index in [0.29, 0.717) is 44.7 Å². The zero-order valence-electron chi connectivity index (χ0n) is 15.2. The Morgan fingerprint density at radius 1 is 1.19 bits per heavy atom. The Kier molecular flexibility index (Phi) is 5.11. The van der Waals surface area contributed by atoms with Crippen LogP contribution in [0.25, 0.3) is 0 Å². The molecular weight excluding hydrogens is 334 g/mol. The second-order valence-corrected chi connectivity index (χ2v) is 7.44. The summed E-state index contributed by atoms with van der Waals surface area (Å²) in [6, 6.07) is 3.24. The van der Waals surface area contributed by atoms with Gasteiger partial charge in [-0.25, -0.2) is 4.79 Å². The van der Waals surface area contributed by atoms with E-state index in [2.05, 4.69) is 15.6 Å². The molecule has 140 valence electrons. The predicted molar refractivity (Wildman–Crippen MR) is 95.4 cm³/mol. The molecule has 8 nitrogen and oxygen atoms in total. The topological polar surface area (TPSA) is 94.6 Å². The van der Waals surface area contributed by atoms with Gasteiger partial charge in [0.1, 0.15) is 0 Å². The summed E-state index contributed by atoms with van der Waals surface area (Å²) in [4.78, 5) is 44.7. The highest BCUT2D eigenvalue weighted by Crippen LogP contribution is 2.31. The highest BCUT2D eigenvalue weighted by molar-refractivity contribution is 5.94. The molecule has 2 fully saturated rings. The van der Waals surface area contributed by atoms with Gasteiger partial charge in [-0.2, -0.15) is 0 Å². The van der Waals surface area contributed by atoms with Crippen molar-refractivity contribution in [3.8, 4) is 0 Å². The van der Waals surface area contributed by atoms with Crippen LogP contribution in [0, 0.1) is 5.41 Å². The van der Waals surface area contributed by atoms with E-state index in [1.807, 2.05) is 13.8 Å². The number of nitrogens with one attached hydrogen (secondary N) is 2. The molecule has 0 aliphatic carbocycles. The molecule has 2 aliphatic rings. The minimum Gasteiger partial charge on any atom is -0.355 e. The normalized spacial score (nSPS) is 23.1. The second kappa shape index (κ2) is 7.31. The molecule has 1 unspecified atom stereocenters. The lowest BCUT2D eigenvalue weighted by molar-refractivity contribution is -0.119. The van der Waals surface area contributed by atoms with Crippen molar-refractivity contribution >= 4 is 17.8 Å². The summed E-state index contributed by atoms with van der Waals surface area (Å²) in [6.45, 7) is 6.05. The van der Waals surface area contributed by atoms with Crippen LogP contribution in [0.5, 0.6) is 0 Å². The van der Waals surface area contributed by atoms with Gasteiger partial charge in [0.05, 0.1) is 0 Å². The number of aromatic nitrogens is 1. The molecular formula is C18H25N5O3. The SMILES string of the molecule is CC(C)NC(=O)N1CCN(C(=O)c2ccncc2)CC2(CNC(=O)C2)C1. The molecule has 3 heterocycles. The molecule has 8 heteroatoms. The van der Waals surface area contributed by atoms with Gasteiger partial charge in [0.2, 0.25) is 5.91 Å². The molecule has 1 aromatic heterocycles. The number of urea groups is 1. The third-order valence-corrected chi connectivity index (χ3v) is 4.80. The molecule has 26 heavy (non-hydrogen) atoms. The van der Waals surface area contributed by atoms with E-state index in [1.165, 1.54) is 0 Å². The highest BCUT2D eigenvalue weighted by Gasteiger charge is 2.45. The maximum Gasteiger partial charge on any atom is 0.317 e. The van der Waals surface area contributed by atoms with Crippen LogP contribution in [0.4, 0.5) is 4.79 Å². The van der Waals surface area contributed by atoms with Crippen LogP contribution >= 0.6 is 0 Å². The standard InChI is InChI=1S/C18H25N5O3/c1-13(2)21-17(26)23-8-7-22(16(25)14-3-5-19-6-4-14)11-18(12-23)9-15(24)20-10-18/h3-6,13H,7-12H2,1-2H3,(H,20,24)(H,21,26). The van der Waals surface area contributed by atoms with Crippen molar-refractivity contribution in [2.75, 3.05) is 32.7 Å². The third kappa shape index (κ3) is 3.95. The summed E-state index contributed by atoms with van der Waals surface area (Å²) in [5, 5.41) is 5.77. The first-order chi connectivity index (χ1) is 12.4. The zero-order chi connectivity index (χ0) is 18.7. The molecule has 2 N–H and O–H groups in total. The van der Waals surface area contributed by atoms with Crippen LogP contribution in [-0.2, 0) is 4.79 Å². The lowest BCUT2D eigenvalue weighted by Crippen LogP contribution is -2.48. The minimum absolute atomic E-state index is 0.0274. The molecule has 0 saturated carbocycles. The average molecular weight is 359 g/mol. The molecule has 1 aromatic rings. The molecule has 0 bridgehead atoms. The van der Waals surface area contributed by atoms with Crippen LogP contribution in [0.15, 0.2) is 24.5 Å². The summed E-state index contributed by atoms with van der Waals surface area (Å²) in [5.74, 6) is -0.135. The first-order valence-electron chi connectivity index (χ1n) is 8.90. The lowest BCUT2D eigenvalue weighted by Gasteiger charge is -2.32. The number of nitrogens with zero attached hydrogens (tertiary/aromatic N) is 3. The van der Waals surface area contributed by atoms with Gasteiger partial charge in [0, 0.05) is 68.6 Å². The van der Waals surface area contributed by atoms with E-state index in [0.717, 1.165) is 0 Å². The van der Waals surface area contributed by atoms with Crippen LogP contribution < -0.4 is 10.6 Å². The highest BCUT2D eigenvalue weighted by atomic mass is 16.2. The van der Waals surface area contributed by atoms with Crippen LogP contribution in [0.1, 0.15) is 30.6 Å². The van der Waals surface area contributed by atoms with Gasteiger partial charge in [0.25, 0.3) is 5.91 Å². The monoisotopic (exact) mass is 359 g/mol. The second-order valence-electron chi connectivity index (χ2n) is 7.44. The Labute approximate surface area is 152 Å². The molecule has 0 radical (unpaired) electrons. The largest absolute Gasteiger partial charge is 0.355 e. The van der Waals surface area contributed by atoms with Gasteiger partial charge in [-0.15, -0.1) is 0 Å². The van der Waals surface area contributed by atoms with Crippen LogP contribution in [0.2, 0.25) is 0 Å². The Morgan fingerprint density at radius 3 is 2.46 bits per heavy atom. The molecule has 2 aliphatic heterocycles. The van der Waals surface area contributed by atoms with Crippen molar-refractivity contribution in [2.45, 2.75) is 26.3 Å². The molecule has 4 amide bonds. The summed E-state index contributed by atoms with van der Waals surface area (Å²) in [5.41, 5.74) is 0.109. The van der Waals surface area contributed by atoms with Crippen molar-refractivity contribution in [3.63, 3.8) is 0 Å². The van der Waals surface area contributed by atoms with E-state index in [9.17, 15) is 14.4 Å². The van der Waals surface area contributed by atoms with E-state index in [4.69, 9.17) is 0 Å². The van der Waals surface area contributed by atoms with E-state index in [-0.39, 0.29) is 23.9 Å². The molecule has 0 aromatic carbocycles. The first-order valence-corrected chi connectivity index (χ1v) is 8.90. The number of rotatable bonds is 2. The molecule has 1 spiro atoms. The number of hydrogen-bond acceptors (Lipinski definition) is 4. The smallest absolute Gasteiger partial charge is 0.317 e. The quantitative estimate of drug-likeness (QED) is 0.802. The van der Waals surface area contributed by atoms with Crippen molar-refractivity contribution in [3.05, 3.63) is 30.1 Å². The van der Waals surface area contributed by atoms with Gasteiger partial charge >= 0.3 is 6.03 Å². The number of carbonyl (C=O) groups is 3. The Morgan fingerprint density at radius 2 is 1.85 bits per heavy atom. The summed E-state index contributed by atoms with van der Waals surface area (Å²) < 4.78 is 0. The molecule has 3 rings (SSSR count). The Balaban J connectivity index is 1.82. The summed E-state index contributed by atoms with van der Waals surface area (Å²) in [7, 11) is 0. The summed E-state index contributed by atoms with van der Waals surface area (Å²) >= 11 is 0. The van der Waals surface area contributed by atoms with E-state index < -0.39 is 5.41 Å². The van der Waals surface area contributed by atoms with Crippen LogP contribution in [-0.4, -0.2) is 71.4 Å². The number of amides is 4. The maximum absolute atomic E-state index is 12.9. The number of pyridine rings is 1. The molecule has 1 atom stereocenters.